The van der Waals surface area contributed by atoms with Gasteiger partial charge in [0.1, 0.15) is 5.65 Å². The van der Waals surface area contributed by atoms with Crippen molar-refractivity contribution < 1.29 is 4.42 Å². The van der Waals surface area contributed by atoms with Crippen LogP contribution in [-0.2, 0) is 6.54 Å². The maximum absolute atomic E-state index is 11.9. The van der Waals surface area contributed by atoms with Crippen molar-refractivity contribution in [1.82, 2.24) is 19.2 Å². The Morgan fingerprint density at radius 1 is 1.24 bits per heavy atom. The first kappa shape index (κ1) is 12.1. The van der Waals surface area contributed by atoms with Crippen molar-refractivity contribution in [2.24, 2.45) is 0 Å². The summed E-state index contributed by atoms with van der Waals surface area (Å²) in [4.78, 5) is 17.1. The quantitative estimate of drug-likeness (QED) is 0.582. The first-order chi connectivity index (χ1) is 10.3. The van der Waals surface area contributed by atoms with Gasteiger partial charge in [-0.15, -0.1) is 16.4 Å². The smallest absolute Gasteiger partial charge is 0.387 e. The lowest BCUT2D eigenvalue weighted by Gasteiger charge is -1.92. The van der Waals surface area contributed by atoms with Crippen molar-refractivity contribution in [3.8, 4) is 10.8 Å². The van der Waals surface area contributed by atoms with E-state index in [1.807, 2.05) is 52.5 Å². The average molecular weight is 298 g/mol. The van der Waals surface area contributed by atoms with E-state index in [1.54, 1.807) is 0 Å². The van der Waals surface area contributed by atoms with Crippen molar-refractivity contribution in [3.63, 3.8) is 0 Å². The highest BCUT2D eigenvalue weighted by Crippen LogP contribution is 2.21. The molecule has 0 aliphatic carbocycles. The third-order valence-corrected chi connectivity index (χ3v) is 3.92. The van der Waals surface area contributed by atoms with Crippen molar-refractivity contribution in [2.45, 2.75) is 6.54 Å². The summed E-state index contributed by atoms with van der Waals surface area (Å²) in [7, 11) is 0. The Morgan fingerprint density at radius 2 is 2.19 bits per heavy atom. The van der Waals surface area contributed by atoms with E-state index in [0.717, 1.165) is 16.2 Å². The minimum Gasteiger partial charge on any atom is -0.387 e. The van der Waals surface area contributed by atoms with Crippen LogP contribution in [0.4, 0.5) is 0 Å². The predicted octanol–water partition coefficient (Wildman–Crippen LogP) is 2.26. The lowest BCUT2D eigenvalue weighted by Crippen LogP contribution is -2.16. The van der Waals surface area contributed by atoms with Gasteiger partial charge in [0.2, 0.25) is 0 Å². The molecule has 0 saturated heterocycles. The predicted molar refractivity (Wildman–Crippen MR) is 78.4 cm³/mol. The first-order valence-electron chi connectivity index (χ1n) is 6.34. The molecule has 0 unspecified atom stereocenters. The molecular formula is C14H10N4O2S. The van der Waals surface area contributed by atoms with Gasteiger partial charge in [0.05, 0.1) is 17.1 Å². The fourth-order valence-electron chi connectivity index (χ4n) is 2.12. The number of fused-ring (bicyclic) bond motifs is 1. The van der Waals surface area contributed by atoms with E-state index >= 15 is 0 Å². The fourth-order valence-corrected chi connectivity index (χ4v) is 2.77. The van der Waals surface area contributed by atoms with Crippen LogP contribution in [0.1, 0.15) is 5.69 Å². The van der Waals surface area contributed by atoms with Crippen molar-refractivity contribution in [2.75, 3.05) is 0 Å². The van der Waals surface area contributed by atoms with E-state index in [2.05, 4.69) is 10.1 Å². The van der Waals surface area contributed by atoms with Crippen LogP contribution in [0, 0.1) is 0 Å². The molecule has 7 heteroatoms. The Kier molecular flexibility index (Phi) is 2.71. The number of hydrogen-bond acceptors (Lipinski definition) is 5. The van der Waals surface area contributed by atoms with Gasteiger partial charge in [-0.05, 0) is 23.6 Å². The van der Waals surface area contributed by atoms with Crippen LogP contribution in [0.5, 0.6) is 0 Å². The van der Waals surface area contributed by atoms with Gasteiger partial charge < -0.3 is 8.82 Å². The summed E-state index contributed by atoms with van der Waals surface area (Å²) in [6, 6.07) is 9.51. The minimum absolute atomic E-state index is 0.287. The van der Waals surface area contributed by atoms with E-state index in [4.69, 9.17) is 4.42 Å². The van der Waals surface area contributed by atoms with Crippen LogP contribution < -0.4 is 5.76 Å². The molecule has 4 aromatic rings. The van der Waals surface area contributed by atoms with E-state index in [-0.39, 0.29) is 6.54 Å². The van der Waals surface area contributed by atoms with Crippen LogP contribution in [0.2, 0.25) is 0 Å². The summed E-state index contributed by atoms with van der Waals surface area (Å²) in [5, 5.41) is 6.13. The van der Waals surface area contributed by atoms with Gasteiger partial charge in [-0.2, -0.15) is 4.68 Å². The summed E-state index contributed by atoms with van der Waals surface area (Å²) < 4.78 is 8.37. The topological polar surface area (TPSA) is 65.3 Å². The molecule has 0 saturated carbocycles. The molecule has 0 radical (unpaired) electrons. The Labute approximate surface area is 122 Å². The van der Waals surface area contributed by atoms with E-state index in [0.29, 0.717) is 5.89 Å². The molecule has 0 aliphatic heterocycles. The second kappa shape index (κ2) is 4.71. The largest absolute Gasteiger partial charge is 0.437 e. The van der Waals surface area contributed by atoms with Crippen molar-refractivity contribution >= 4 is 17.0 Å². The number of aromatic nitrogens is 4. The second-order valence-corrected chi connectivity index (χ2v) is 5.45. The molecule has 0 N–H and O–H groups in total. The van der Waals surface area contributed by atoms with Gasteiger partial charge in [-0.25, -0.2) is 9.78 Å². The zero-order valence-electron chi connectivity index (χ0n) is 10.8. The zero-order valence-corrected chi connectivity index (χ0v) is 11.7. The molecule has 0 atom stereocenters. The summed E-state index contributed by atoms with van der Waals surface area (Å²) in [5.74, 6) is -0.130. The Hall–Kier alpha value is -2.67. The molecule has 21 heavy (non-hydrogen) atoms. The lowest BCUT2D eigenvalue weighted by atomic mass is 10.5. The summed E-state index contributed by atoms with van der Waals surface area (Å²) in [5.41, 5.74) is 1.59. The van der Waals surface area contributed by atoms with E-state index < -0.39 is 5.76 Å². The maximum atomic E-state index is 11.9. The molecule has 4 rings (SSSR count). The lowest BCUT2D eigenvalue weighted by molar-refractivity contribution is 0.494. The SMILES string of the molecule is O=c1oc(-c2cccs2)nn1Cc1cn2ccccc2n1. The number of hydrogen-bond donors (Lipinski definition) is 0. The Bertz CT molecular complexity index is 916. The van der Waals surface area contributed by atoms with Gasteiger partial charge >= 0.3 is 5.76 Å². The molecule has 0 amide bonds. The molecule has 0 fully saturated rings. The van der Waals surface area contributed by atoms with E-state index in [1.165, 1.54) is 16.0 Å². The highest BCUT2D eigenvalue weighted by Gasteiger charge is 2.12. The Balaban J connectivity index is 1.69. The first-order valence-corrected chi connectivity index (χ1v) is 7.22. The highest BCUT2D eigenvalue weighted by atomic mass is 32.1. The second-order valence-electron chi connectivity index (χ2n) is 4.51. The molecule has 4 heterocycles. The van der Waals surface area contributed by atoms with Gasteiger partial charge in [0, 0.05) is 12.4 Å². The number of nitrogens with zero attached hydrogens (tertiary/aromatic N) is 4. The standard InChI is InChI=1S/C14H10N4O2S/c19-14-18(16-13(20-14)11-4-3-7-21-11)9-10-8-17-6-2-1-5-12(17)15-10/h1-8H,9H2. The number of pyridine rings is 1. The minimum atomic E-state index is -0.476. The van der Waals surface area contributed by atoms with Crippen LogP contribution in [0.25, 0.3) is 16.4 Å². The Morgan fingerprint density at radius 3 is 3.00 bits per heavy atom. The molecule has 0 aromatic carbocycles. The number of rotatable bonds is 3. The molecule has 0 aliphatic rings. The van der Waals surface area contributed by atoms with Crippen LogP contribution >= 0.6 is 11.3 Å². The highest BCUT2D eigenvalue weighted by molar-refractivity contribution is 7.13. The van der Waals surface area contributed by atoms with Gasteiger partial charge in [0.25, 0.3) is 5.89 Å². The fraction of sp³-hybridized carbons (Fsp3) is 0.0714. The molecule has 0 spiro atoms. The molecule has 0 bridgehead atoms. The normalized spacial score (nSPS) is 11.2. The van der Waals surface area contributed by atoms with Crippen LogP contribution in [0.15, 0.2) is 57.3 Å². The van der Waals surface area contributed by atoms with E-state index in [9.17, 15) is 4.79 Å². The molecule has 6 nitrogen and oxygen atoms in total. The van der Waals surface area contributed by atoms with Gasteiger partial charge in [-0.3, -0.25) is 0 Å². The third-order valence-electron chi connectivity index (χ3n) is 3.06. The monoisotopic (exact) mass is 298 g/mol. The van der Waals surface area contributed by atoms with Crippen molar-refractivity contribution in [1.29, 1.82) is 0 Å². The number of thiophene rings is 1. The maximum Gasteiger partial charge on any atom is 0.437 e. The van der Waals surface area contributed by atoms with Crippen molar-refractivity contribution in [3.05, 3.63) is 64.4 Å². The summed E-state index contributed by atoms with van der Waals surface area (Å²) in [6.45, 7) is 0.287. The molecule has 104 valence electrons. The van der Waals surface area contributed by atoms with Crippen LogP contribution in [0.3, 0.4) is 0 Å². The van der Waals surface area contributed by atoms with Gasteiger partial charge in [0.15, 0.2) is 0 Å². The molecular weight excluding hydrogens is 288 g/mol. The molecule has 4 aromatic heterocycles. The zero-order chi connectivity index (χ0) is 14.2. The summed E-state index contributed by atoms with van der Waals surface area (Å²) in [6.07, 6.45) is 3.79. The number of imidazole rings is 1. The third kappa shape index (κ3) is 2.17. The van der Waals surface area contributed by atoms with Gasteiger partial charge in [-0.1, -0.05) is 12.1 Å². The average Bonchev–Trinajstić information content (AvgIpc) is 3.19. The summed E-state index contributed by atoms with van der Waals surface area (Å²) >= 11 is 1.48. The van der Waals surface area contributed by atoms with Crippen LogP contribution in [-0.4, -0.2) is 19.2 Å².